The van der Waals surface area contributed by atoms with Crippen molar-refractivity contribution in [2.45, 2.75) is 25.7 Å². The van der Waals surface area contributed by atoms with Crippen molar-refractivity contribution in [3.05, 3.63) is 35.4 Å². The van der Waals surface area contributed by atoms with Crippen molar-refractivity contribution in [3.8, 4) is 5.75 Å². The maximum absolute atomic E-state index is 11.5. The summed E-state index contributed by atoms with van der Waals surface area (Å²) in [6.45, 7) is 0. The zero-order valence-corrected chi connectivity index (χ0v) is 8.57. The average molecular weight is 202 g/mol. The van der Waals surface area contributed by atoms with Crippen LogP contribution in [0, 0.1) is 0 Å². The normalized spacial score (nSPS) is 19.5. The van der Waals surface area contributed by atoms with Crippen LogP contribution in [0.3, 0.4) is 0 Å². The number of phenolic OH excluding ortho intramolecular Hbond substituents is 1. The lowest BCUT2D eigenvalue weighted by Crippen LogP contribution is -2.07. The van der Waals surface area contributed by atoms with Crippen molar-refractivity contribution in [2.24, 2.45) is 0 Å². The van der Waals surface area contributed by atoms with Crippen molar-refractivity contribution in [1.82, 2.24) is 0 Å². The highest BCUT2D eigenvalue weighted by atomic mass is 16.3. The summed E-state index contributed by atoms with van der Waals surface area (Å²) in [4.78, 5) is 11.5. The number of carbonyl (C=O) groups is 1. The Balaban J connectivity index is 2.21. The number of ketones is 1. The summed E-state index contributed by atoms with van der Waals surface area (Å²) in [6, 6.07) is 6.92. The molecule has 1 aliphatic rings. The molecule has 1 aliphatic carbocycles. The van der Waals surface area contributed by atoms with Gasteiger partial charge < -0.3 is 5.11 Å². The zero-order valence-electron chi connectivity index (χ0n) is 8.57. The van der Waals surface area contributed by atoms with Crippen LogP contribution in [0.5, 0.6) is 5.75 Å². The molecule has 0 saturated heterocycles. The second kappa shape index (κ2) is 4.30. The highest BCUT2D eigenvalue weighted by Gasteiger charge is 2.14. The lowest BCUT2D eigenvalue weighted by molar-refractivity contribution is -0.116. The molecule has 1 saturated carbocycles. The number of benzene rings is 1. The molecule has 2 rings (SSSR count). The van der Waals surface area contributed by atoms with Crippen LogP contribution in [-0.2, 0) is 4.79 Å². The van der Waals surface area contributed by atoms with E-state index in [1.54, 1.807) is 12.1 Å². The highest BCUT2D eigenvalue weighted by molar-refractivity contribution is 6.00. The molecular weight excluding hydrogens is 188 g/mol. The molecule has 1 N–H and O–H groups in total. The van der Waals surface area contributed by atoms with Crippen molar-refractivity contribution in [3.63, 3.8) is 0 Å². The lowest BCUT2D eigenvalue weighted by atomic mass is 9.92. The van der Waals surface area contributed by atoms with E-state index in [9.17, 15) is 4.79 Å². The largest absolute Gasteiger partial charge is 0.508 e. The molecule has 0 amide bonds. The molecule has 0 aliphatic heterocycles. The van der Waals surface area contributed by atoms with Crippen molar-refractivity contribution < 1.29 is 9.90 Å². The first-order valence-electron chi connectivity index (χ1n) is 5.28. The van der Waals surface area contributed by atoms with Gasteiger partial charge in [0.25, 0.3) is 0 Å². The van der Waals surface area contributed by atoms with Crippen LogP contribution >= 0.6 is 0 Å². The first-order chi connectivity index (χ1) is 7.25. The molecule has 0 spiro atoms. The molecular formula is C13H14O2. The number of Topliss-reactive ketones (excluding diaryl/α,β-unsaturated/α-hetero) is 1. The summed E-state index contributed by atoms with van der Waals surface area (Å²) in [5, 5.41) is 9.13. The van der Waals surface area contributed by atoms with E-state index in [4.69, 9.17) is 5.11 Å². The molecule has 2 nitrogen and oxygen atoms in total. The Morgan fingerprint density at radius 3 is 2.40 bits per heavy atom. The van der Waals surface area contributed by atoms with Crippen molar-refractivity contribution in [1.29, 1.82) is 0 Å². The Kier molecular flexibility index (Phi) is 2.86. The standard InChI is InChI=1S/C13H14O2/c14-12-7-5-10(6-8-12)9-11-3-1-2-4-13(11)15/h5-9,14H,1-4H2. The van der Waals surface area contributed by atoms with Gasteiger partial charge in [-0.05, 0) is 48.6 Å². The topological polar surface area (TPSA) is 37.3 Å². The third-order valence-corrected chi connectivity index (χ3v) is 2.69. The van der Waals surface area contributed by atoms with E-state index < -0.39 is 0 Å². The highest BCUT2D eigenvalue weighted by Crippen LogP contribution is 2.22. The van der Waals surface area contributed by atoms with Crippen LogP contribution < -0.4 is 0 Å². The van der Waals surface area contributed by atoms with E-state index in [0.717, 1.165) is 30.4 Å². The van der Waals surface area contributed by atoms with Crippen LogP contribution in [-0.4, -0.2) is 10.9 Å². The van der Waals surface area contributed by atoms with Crippen LogP contribution in [0.4, 0.5) is 0 Å². The first kappa shape index (κ1) is 9.97. The van der Waals surface area contributed by atoms with Gasteiger partial charge in [0, 0.05) is 6.42 Å². The predicted octanol–water partition coefficient (Wildman–Crippen LogP) is 2.92. The van der Waals surface area contributed by atoms with Gasteiger partial charge in [0.05, 0.1) is 0 Å². The number of phenols is 1. The number of rotatable bonds is 1. The molecule has 1 aromatic carbocycles. The maximum Gasteiger partial charge on any atom is 0.158 e. The van der Waals surface area contributed by atoms with Crippen molar-refractivity contribution in [2.75, 3.05) is 0 Å². The Morgan fingerprint density at radius 2 is 1.73 bits per heavy atom. The molecule has 2 heteroatoms. The van der Waals surface area contributed by atoms with E-state index in [1.165, 1.54) is 0 Å². The fourth-order valence-corrected chi connectivity index (χ4v) is 1.83. The minimum atomic E-state index is 0.257. The van der Waals surface area contributed by atoms with Crippen molar-refractivity contribution >= 4 is 11.9 Å². The maximum atomic E-state index is 11.5. The number of carbonyl (C=O) groups excluding carboxylic acids is 1. The van der Waals surface area contributed by atoms with Gasteiger partial charge in [-0.2, -0.15) is 0 Å². The van der Waals surface area contributed by atoms with E-state index >= 15 is 0 Å². The van der Waals surface area contributed by atoms with Gasteiger partial charge in [-0.15, -0.1) is 0 Å². The van der Waals surface area contributed by atoms with Crippen LogP contribution in [0.15, 0.2) is 29.8 Å². The lowest BCUT2D eigenvalue weighted by Gasteiger charge is -2.12. The van der Waals surface area contributed by atoms with Gasteiger partial charge in [-0.25, -0.2) is 0 Å². The minimum Gasteiger partial charge on any atom is -0.508 e. The molecule has 0 aromatic heterocycles. The first-order valence-corrected chi connectivity index (χ1v) is 5.28. The average Bonchev–Trinajstić information content (AvgIpc) is 2.25. The summed E-state index contributed by atoms with van der Waals surface area (Å²) in [5.41, 5.74) is 1.91. The Morgan fingerprint density at radius 1 is 1.07 bits per heavy atom. The third kappa shape index (κ3) is 2.46. The molecule has 0 atom stereocenters. The van der Waals surface area contributed by atoms with E-state index in [0.29, 0.717) is 6.42 Å². The van der Waals surface area contributed by atoms with E-state index in [1.807, 2.05) is 18.2 Å². The van der Waals surface area contributed by atoms with Gasteiger partial charge in [0.1, 0.15) is 5.75 Å². The molecule has 0 radical (unpaired) electrons. The van der Waals surface area contributed by atoms with E-state index in [2.05, 4.69) is 0 Å². The van der Waals surface area contributed by atoms with Crippen LogP contribution in [0.25, 0.3) is 6.08 Å². The second-order valence-corrected chi connectivity index (χ2v) is 3.89. The second-order valence-electron chi connectivity index (χ2n) is 3.89. The smallest absolute Gasteiger partial charge is 0.158 e. The van der Waals surface area contributed by atoms with Gasteiger partial charge >= 0.3 is 0 Å². The minimum absolute atomic E-state index is 0.257. The summed E-state index contributed by atoms with van der Waals surface area (Å²) in [5.74, 6) is 0.529. The van der Waals surface area contributed by atoms with Gasteiger partial charge in [0.2, 0.25) is 0 Å². The predicted molar refractivity (Wildman–Crippen MR) is 59.6 cm³/mol. The fraction of sp³-hybridized carbons (Fsp3) is 0.308. The summed E-state index contributed by atoms with van der Waals surface area (Å²) in [6.07, 6.45) is 5.63. The molecule has 0 heterocycles. The van der Waals surface area contributed by atoms with Gasteiger partial charge in [-0.1, -0.05) is 12.1 Å². The summed E-state index contributed by atoms with van der Waals surface area (Å²) in [7, 11) is 0. The fourth-order valence-electron chi connectivity index (χ4n) is 1.83. The monoisotopic (exact) mass is 202 g/mol. The molecule has 15 heavy (non-hydrogen) atoms. The number of hydrogen-bond acceptors (Lipinski definition) is 2. The third-order valence-electron chi connectivity index (χ3n) is 2.69. The number of hydrogen-bond donors (Lipinski definition) is 1. The molecule has 78 valence electrons. The zero-order chi connectivity index (χ0) is 10.7. The molecule has 1 aromatic rings. The molecule has 1 fully saturated rings. The summed E-state index contributed by atoms with van der Waals surface area (Å²) < 4.78 is 0. The molecule has 0 bridgehead atoms. The number of aromatic hydroxyl groups is 1. The van der Waals surface area contributed by atoms with E-state index in [-0.39, 0.29) is 11.5 Å². The van der Waals surface area contributed by atoms with Crippen LogP contribution in [0.1, 0.15) is 31.2 Å². The van der Waals surface area contributed by atoms with Gasteiger partial charge in [-0.3, -0.25) is 4.79 Å². The quantitative estimate of drug-likeness (QED) is 0.711. The Bertz CT molecular complexity index is 388. The number of allylic oxidation sites excluding steroid dienone is 1. The molecule has 0 unspecified atom stereocenters. The SMILES string of the molecule is O=C1CCCCC1=Cc1ccc(O)cc1. The summed E-state index contributed by atoms with van der Waals surface area (Å²) >= 11 is 0. The van der Waals surface area contributed by atoms with Gasteiger partial charge in [0.15, 0.2) is 5.78 Å². The van der Waals surface area contributed by atoms with Crippen LogP contribution in [0.2, 0.25) is 0 Å². The Hall–Kier alpha value is -1.57. The Labute approximate surface area is 89.2 Å².